The lowest BCUT2D eigenvalue weighted by atomic mass is 10.1. The summed E-state index contributed by atoms with van der Waals surface area (Å²) in [5, 5.41) is 8.75. The molecule has 5 heteroatoms. The Morgan fingerprint density at radius 2 is 2.40 bits per heavy atom. The molecule has 5 nitrogen and oxygen atoms in total. The number of hydrogen-bond donors (Lipinski definition) is 2. The predicted molar refractivity (Wildman–Crippen MR) is 51.9 cm³/mol. The second-order valence-electron chi connectivity index (χ2n) is 3.17. The van der Waals surface area contributed by atoms with Gasteiger partial charge in [-0.2, -0.15) is 0 Å². The van der Waals surface area contributed by atoms with Gasteiger partial charge in [-0.1, -0.05) is 0 Å². The van der Waals surface area contributed by atoms with Crippen LogP contribution in [0.5, 0.6) is 11.5 Å². The summed E-state index contributed by atoms with van der Waals surface area (Å²) in [6, 6.07) is 3.66. The van der Waals surface area contributed by atoms with Crippen LogP contribution in [-0.4, -0.2) is 19.1 Å². The predicted octanol–water partition coefficient (Wildman–Crippen LogP) is 1.04. The van der Waals surface area contributed by atoms with Crippen LogP contribution in [0.2, 0.25) is 0 Å². The van der Waals surface area contributed by atoms with Crippen LogP contribution >= 0.6 is 0 Å². The highest BCUT2D eigenvalue weighted by molar-refractivity contribution is 5.48. The summed E-state index contributed by atoms with van der Waals surface area (Å²) in [7, 11) is 1.59. The maximum Gasteiger partial charge on any atom is 0.189 e. The summed E-state index contributed by atoms with van der Waals surface area (Å²) >= 11 is 0. The number of rotatable bonds is 3. The largest absolute Gasteiger partial charge is 0.496 e. The molecule has 0 unspecified atom stereocenters. The molecule has 1 heterocycles. The van der Waals surface area contributed by atoms with Crippen molar-refractivity contribution in [2.24, 2.45) is 0 Å². The van der Waals surface area contributed by atoms with E-state index in [2.05, 4.69) is 5.48 Å². The number of methoxy groups -OCH3 is 1. The van der Waals surface area contributed by atoms with Gasteiger partial charge >= 0.3 is 0 Å². The number of hydrogen-bond acceptors (Lipinski definition) is 5. The zero-order valence-corrected chi connectivity index (χ0v) is 8.45. The molecule has 2 N–H and O–H groups in total. The van der Waals surface area contributed by atoms with Gasteiger partial charge in [0, 0.05) is 17.7 Å². The molecule has 1 aliphatic heterocycles. The Morgan fingerprint density at radius 3 is 3.13 bits per heavy atom. The van der Waals surface area contributed by atoms with E-state index < -0.39 is 0 Å². The fraction of sp³-hybridized carbons (Fsp3) is 0.400. The van der Waals surface area contributed by atoms with Gasteiger partial charge in [-0.3, -0.25) is 0 Å². The first kappa shape index (κ1) is 10.2. The lowest BCUT2D eigenvalue weighted by Gasteiger charge is -2.21. The fourth-order valence-electron chi connectivity index (χ4n) is 1.66. The number of nitrogens with one attached hydrogen (secondary N) is 1. The van der Waals surface area contributed by atoms with Gasteiger partial charge in [0.2, 0.25) is 0 Å². The van der Waals surface area contributed by atoms with Gasteiger partial charge in [-0.25, -0.2) is 5.48 Å². The third-order valence-corrected chi connectivity index (χ3v) is 2.37. The molecule has 0 spiro atoms. The molecule has 0 aromatic heterocycles. The minimum Gasteiger partial charge on any atom is -0.496 e. The van der Waals surface area contributed by atoms with Crippen molar-refractivity contribution in [3.05, 3.63) is 23.3 Å². The monoisotopic (exact) mass is 211 g/mol. The first-order valence-electron chi connectivity index (χ1n) is 4.63. The topological polar surface area (TPSA) is 60.0 Å². The molecule has 0 saturated heterocycles. The van der Waals surface area contributed by atoms with Crippen molar-refractivity contribution in [2.75, 3.05) is 13.9 Å². The van der Waals surface area contributed by atoms with Gasteiger partial charge in [0.25, 0.3) is 0 Å². The summed E-state index contributed by atoms with van der Waals surface area (Å²) < 4.78 is 15.7. The van der Waals surface area contributed by atoms with E-state index in [0.717, 1.165) is 16.9 Å². The van der Waals surface area contributed by atoms with E-state index in [4.69, 9.17) is 19.4 Å². The highest BCUT2D eigenvalue weighted by Crippen LogP contribution is 2.33. The normalized spacial score (nSPS) is 14.3. The molecular formula is C10H13NO4. The van der Waals surface area contributed by atoms with E-state index in [9.17, 15) is 0 Å². The summed E-state index contributed by atoms with van der Waals surface area (Å²) in [4.78, 5) is 0. The standard InChI is InChI=1S/C10H13NO4/c1-13-9-2-3-10-8(5-14-6-15-10)7(9)4-11-12/h2-3,11-12H,4-6H2,1H3. The minimum absolute atomic E-state index is 0.269. The highest BCUT2D eigenvalue weighted by Gasteiger charge is 2.18. The van der Waals surface area contributed by atoms with Gasteiger partial charge in [-0.05, 0) is 12.1 Å². The zero-order chi connectivity index (χ0) is 10.7. The van der Waals surface area contributed by atoms with Crippen LogP contribution < -0.4 is 15.0 Å². The van der Waals surface area contributed by atoms with Crippen molar-refractivity contribution in [3.63, 3.8) is 0 Å². The fourth-order valence-corrected chi connectivity index (χ4v) is 1.66. The molecule has 82 valence electrons. The molecule has 0 saturated carbocycles. The number of hydroxylamine groups is 1. The molecule has 0 amide bonds. The average Bonchev–Trinajstić information content (AvgIpc) is 2.30. The van der Waals surface area contributed by atoms with Crippen LogP contribution in [0, 0.1) is 0 Å². The van der Waals surface area contributed by atoms with Crippen molar-refractivity contribution in [2.45, 2.75) is 13.2 Å². The van der Waals surface area contributed by atoms with E-state index in [1.54, 1.807) is 7.11 Å². The van der Waals surface area contributed by atoms with Crippen molar-refractivity contribution in [3.8, 4) is 11.5 Å². The van der Waals surface area contributed by atoms with Gasteiger partial charge in [-0.15, -0.1) is 0 Å². The molecule has 15 heavy (non-hydrogen) atoms. The molecule has 1 aliphatic rings. The smallest absolute Gasteiger partial charge is 0.189 e. The SMILES string of the molecule is COc1ccc2c(c1CNO)COCO2. The number of benzene rings is 1. The van der Waals surface area contributed by atoms with Crippen molar-refractivity contribution in [1.82, 2.24) is 5.48 Å². The Bertz CT molecular complexity index is 354. The maximum atomic E-state index is 8.75. The molecule has 0 atom stereocenters. The number of fused-ring (bicyclic) bond motifs is 1. The summed E-state index contributed by atoms with van der Waals surface area (Å²) in [6.45, 7) is 1.05. The maximum absolute atomic E-state index is 8.75. The molecule has 1 aromatic carbocycles. The van der Waals surface area contributed by atoms with E-state index in [1.165, 1.54) is 0 Å². The zero-order valence-electron chi connectivity index (χ0n) is 8.45. The van der Waals surface area contributed by atoms with E-state index in [0.29, 0.717) is 18.9 Å². The average molecular weight is 211 g/mol. The van der Waals surface area contributed by atoms with Gasteiger partial charge in [0.1, 0.15) is 11.5 Å². The van der Waals surface area contributed by atoms with Crippen LogP contribution in [0.4, 0.5) is 0 Å². The van der Waals surface area contributed by atoms with Gasteiger partial charge < -0.3 is 19.4 Å². The van der Waals surface area contributed by atoms with Crippen LogP contribution in [-0.2, 0) is 17.9 Å². The van der Waals surface area contributed by atoms with Gasteiger partial charge in [0.05, 0.1) is 13.7 Å². The van der Waals surface area contributed by atoms with Crippen LogP contribution in [0.15, 0.2) is 12.1 Å². The lowest BCUT2D eigenvalue weighted by Crippen LogP contribution is -2.17. The van der Waals surface area contributed by atoms with Crippen LogP contribution in [0.25, 0.3) is 0 Å². The highest BCUT2D eigenvalue weighted by atomic mass is 16.7. The first-order chi connectivity index (χ1) is 7.36. The van der Waals surface area contributed by atoms with Crippen LogP contribution in [0.3, 0.4) is 0 Å². The minimum atomic E-state index is 0.269. The van der Waals surface area contributed by atoms with E-state index >= 15 is 0 Å². The molecule has 0 aliphatic carbocycles. The Balaban J connectivity index is 2.44. The molecule has 1 aromatic rings. The van der Waals surface area contributed by atoms with E-state index in [-0.39, 0.29) is 6.79 Å². The first-order valence-corrected chi connectivity index (χ1v) is 4.63. The third-order valence-electron chi connectivity index (χ3n) is 2.37. The quantitative estimate of drug-likeness (QED) is 0.731. The summed E-state index contributed by atoms with van der Waals surface area (Å²) in [5.74, 6) is 1.50. The number of ether oxygens (including phenoxy) is 3. The molecule has 0 fully saturated rings. The second kappa shape index (κ2) is 4.48. The third kappa shape index (κ3) is 1.90. The van der Waals surface area contributed by atoms with Crippen molar-refractivity contribution in [1.29, 1.82) is 0 Å². The lowest BCUT2D eigenvalue weighted by molar-refractivity contribution is -0.0173. The molecule has 2 rings (SSSR count). The summed E-state index contributed by atoms with van der Waals surface area (Å²) in [5.41, 5.74) is 3.89. The Labute approximate surface area is 87.5 Å². The molecular weight excluding hydrogens is 198 g/mol. The van der Waals surface area contributed by atoms with Gasteiger partial charge in [0.15, 0.2) is 6.79 Å². The Hall–Kier alpha value is -1.30. The van der Waals surface area contributed by atoms with Crippen molar-refractivity contribution >= 4 is 0 Å². The summed E-state index contributed by atoms with van der Waals surface area (Å²) in [6.07, 6.45) is 0. The molecule has 0 radical (unpaired) electrons. The second-order valence-corrected chi connectivity index (χ2v) is 3.17. The Morgan fingerprint density at radius 1 is 1.53 bits per heavy atom. The Kier molecular flexibility index (Phi) is 3.05. The molecule has 0 bridgehead atoms. The van der Waals surface area contributed by atoms with E-state index in [1.807, 2.05) is 12.1 Å². The van der Waals surface area contributed by atoms with Crippen LogP contribution in [0.1, 0.15) is 11.1 Å². The van der Waals surface area contributed by atoms with Crippen molar-refractivity contribution < 1.29 is 19.4 Å².